The van der Waals surface area contributed by atoms with Crippen molar-refractivity contribution >= 4 is 11.6 Å². The molecule has 0 spiro atoms. The van der Waals surface area contributed by atoms with E-state index in [0.29, 0.717) is 6.04 Å². The highest BCUT2D eigenvalue weighted by Crippen LogP contribution is 2.20. The van der Waals surface area contributed by atoms with Crippen LogP contribution in [0.1, 0.15) is 30.9 Å². The van der Waals surface area contributed by atoms with Gasteiger partial charge in [0.15, 0.2) is 0 Å². The third kappa shape index (κ3) is 3.33. The lowest BCUT2D eigenvalue weighted by atomic mass is 9.92. The average molecular weight is 246 g/mol. The Morgan fingerprint density at radius 2 is 1.94 bits per heavy atom. The maximum atomic E-state index is 12.2. The summed E-state index contributed by atoms with van der Waals surface area (Å²) in [5.74, 6) is 0.301. The molecule has 2 N–H and O–H groups in total. The van der Waals surface area contributed by atoms with Crippen molar-refractivity contribution < 1.29 is 4.79 Å². The molecule has 98 valence electrons. The number of aryl methyl sites for hydroxylation is 2. The Morgan fingerprint density at radius 3 is 2.56 bits per heavy atom. The average Bonchev–Trinajstić information content (AvgIpc) is 2.27. The molecule has 3 heteroatoms. The van der Waals surface area contributed by atoms with Crippen molar-refractivity contribution in [1.82, 2.24) is 5.32 Å². The van der Waals surface area contributed by atoms with Gasteiger partial charge in [-0.25, -0.2) is 0 Å². The lowest BCUT2D eigenvalue weighted by molar-refractivity contribution is -0.120. The maximum absolute atomic E-state index is 12.2. The Bertz CT molecular complexity index is 422. The monoisotopic (exact) mass is 246 g/mol. The number of amides is 1. The predicted octanol–water partition coefficient (Wildman–Crippen LogP) is 2.63. The molecule has 1 aromatic carbocycles. The van der Waals surface area contributed by atoms with Crippen LogP contribution in [0, 0.1) is 19.8 Å². The molecule has 1 saturated heterocycles. The van der Waals surface area contributed by atoms with Gasteiger partial charge in [0, 0.05) is 17.6 Å². The number of benzene rings is 1. The van der Waals surface area contributed by atoms with Crippen LogP contribution < -0.4 is 10.6 Å². The lowest BCUT2D eigenvalue weighted by Crippen LogP contribution is -2.40. The first kappa shape index (κ1) is 13.1. The highest BCUT2D eigenvalue weighted by molar-refractivity contribution is 5.92. The smallest absolute Gasteiger partial charge is 0.227 e. The molecular formula is C15H22N2O. The van der Waals surface area contributed by atoms with Crippen molar-refractivity contribution in [2.45, 2.75) is 39.7 Å². The van der Waals surface area contributed by atoms with Gasteiger partial charge in [0.2, 0.25) is 5.91 Å². The molecule has 0 saturated carbocycles. The molecule has 0 aromatic heterocycles. The second-order valence-corrected chi connectivity index (χ2v) is 5.44. The van der Waals surface area contributed by atoms with E-state index < -0.39 is 0 Å². The quantitative estimate of drug-likeness (QED) is 0.842. The highest BCUT2D eigenvalue weighted by atomic mass is 16.1. The first-order chi connectivity index (χ1) is 8.54. The van der Waals surface area contributed by atoms with Crippen LogP contribution in [-0.2, 0) is 4.79 Å². The molecule has 0 bridgehead atoms. The summed E-state index contributed by atoms with van der Waals surface area (Å²) in [4.78, 5) is 12.2. The fraction of sp³-hybridized carbons (Fsp3) is 0.533. The minimum Gasteiger partial charge on any atom is -0.326 e. The molecule has 1 aliphatic rings. The molecule has 2 atom stereocenters. The second kappa shape index (κ2) is 5.53. The third-order valence-corrected chi connectivity index (χ3v) is 3.48. The van der Waals surface area contributed by atoms with Gasteiger partial charge in [0.1, 0.15) is 0 Å². The number of carbonyl (C=O) groups excluding carboxylic acids is 1. The number of rotatable bonds is 2. The van der Waals surface area contributed by atoms with Crippen LogP contribution in [-0.4, -0.2) is 18.5 Å². The molecule has 1 heterocycles. The molecule has 1 amide bonds. The molecule has 1 aliphatic heterocycles. The number of hydrogen-bond acceptors (Lipinski definition) is 2. The summed E-state index contributed by atoms with van der Waals surface area (Å²) in [6.45, 7) is 7.17. The zero-order chi connectivity index (χ0) is 13.1. The molecule has 0 radical (unpaired) electrons. The second-order valence-electron chi connectivity index (χ2n) is 5.44. The molecule has 2 unspecified atom stereocenters. The maximum Gasteiger partial charge on any atom is 0.227 e. The van der Waals surface area contributed by atoms with E-state index in [4.69, 9.17) is 0 Å². The summed E-state index contributed by atoms with van der Waals surface area (Å²) in [6.07, 6.45) is 1.86. The van der Waals surface area contributed by atoms with Crippen LogP contribution in [0.25, 0.3) is 0 Å². The van der Waals surface area contributed by atoms with Crippen molar-refractivity contribution in [3.63, 3.8) is 0 Å². The topological polar surface area (TPSA) is 41.1 Å². The zero-order valence-electron chi connectivity index (χ0n) is 11.4. The van der Waals surface area contributed by atoms with E-state index in [2.05, 4.69) is 37.5 Å². The standard InChI is InChI=1S/C15H22N2O/c1-10-6-11(2)8-14(7-10)17-15(18)13-4-5-16-12(3)9-13/h6-8,12-13,16H,4-5,9H2,1-3H3,(H,17,18). The van der Waals surface area contributed by atoms with Gasteiger partial charge >= 0.3 is 0 Å². The highest BCUT2D eigenvalue weighted by Gasteiger charge is 2.24. The molecular weight excluding hydrogens is 224 g/mol. The first-order valence-corrected chi connectivity index (χ1v) is 6.67. The Morgan fingerprint density at radius 1 is 1.28 bits per heavy atom. The molecule has 2 rings (SSSR count). The van der Waals surface area contributed by atoms with Crippen molar-refractivity contribution in [1.29, 1.82) is 0 Å². The van der Waals surface area contributed by atoms with Gasteiger partial charge in [-0.3, -0.25) is 4.79 Å². The normalized spacial score (nSPS) is 23.7. The summed E-state index contributed by atoms with van der Waals surface area (Å²) in [5.41, 5.74) is 3.29. The van der Waals surface area contributed by atoms with E-state index in [-0.39, 0.29) is 11.8 Å². The van der Waals surface area contributed by atoms with Crippen molar-refractivity contribution in [2.24, 2.45) is 5.92 Å². The minimum atomic E-state index is 0.141. The number of anilines is 1. The molecule has 18 heavy (non-hydrogen) atoms. The van der Waals surface area contributed by atoms with Crippen molar-refractivity contribution in [2.75, 3.05) is 11.9 Å². The Kier molecular flexibility index (Phi) is 4.02. The summed E-state index contributed by atoms with van der Waals surface area (Å²) in [5, 5.41) is 6.42. The van der Waals surface area contributed by atoms with Gasteiger partial charge in [0.05, 0.1) is 0 Å². The van der Waals surface area contributed by atoms with E-state index in [0.717, 1.165) is 25.1 Å². The molecule has 0 aliphatic carbocycles. The Labute approximate surface area is 109 Å². The van der Waals surface area contributed by atoms with Crippen LogP contribution in [0.5, 0.6) is 0 Å². The van der Waals surface area contributed by atoms with Gasteiger partial charge < -0.3 is 10.6 Å². The first-order valence-electron chi connectivity index (χ1n) is 6.67. The van der Waals surface area contributed by atoms with Crippen LogP contribution in [0.2, 0.25) is 0 Å². The molecule has 1 aromatic rings. The number of carbonyl (C=O) groups is 1. The number of hydrogen-bond donors (Lipinski definition) is 2. The van der Waals surface area contributed by atoms with Crippen molar-refractivity contribution in [3.8, 4) is 0 Å². The number of nitrogens with one attached hydrogen (secondary N) is 2. The molecule has 3 nitrogen and oxygen atoms in total. The summed E-state index contributed by atoms with van der Waals surface area (Å²) in [7, 11) is 0. The minimum absolute atomic E-state index is 0.141. The van der Waals surface area contributed by atoms with Gasteiger partial charge in [-0.2, -0.15) is 0 Å². The molecule has 1 fully saturated rings. The SMILES string of the molecule is Cc1cc(C)cc(NC(=O)C2CCNC(C)C2)c1. The zero-order valence-corrected chi connectivity index (χ0v) is 11.4. The lowest BCUT2D eigenvalue weighted by Gasteiger charge is -2.27. The van der Waals surface area contributed by atoms with Gasteiger partial charge in [0.25, 0.3) is 0 Å². The van der Waals surface area contributed by atoms with Crippen LogP contribution >= 0.6 is 0 Å². The summed E-state index contributed by atoms with van der Waals surface area (Å²) >= 11 is 0. The largest absolute Gasteiger partial charge is 0.326 e. The fourth-order valence-corrected chi connectivity index (χ4v) is 2.66. The van der Waals surface area contributed by atoms with Crippen molar-refractivity contribution in [3.05, 3.63) is 29.3 Å². The van der Waals surface area contributed by atoms with E-state index in [1.807, 2.05) is 12.1 Å². The third-order valence-electron chi connectivity index (χ3n) is 3.48. The Balaban J connectivity index is 2.02. The summed E-state index contributed by atoms with van der Waals surface area (Å²) in [6, 6.07) is 6.60. The van der Waals surface area contributed by atoms with E-state index in [9.17, 15) is 4.79 Å². The van der Waals surface area contributed by atoms with E-state index in [1.165, 1.54) is 11.1 Å². The van der Waals surface area contributed by atoms with Gasteiger partial charge in [-0.05, 0) is 63.4 Å². The van der Waals surface area contributed by atoms with Gasteiger partial charge in [-0.15, -0.1) is 0 Å². The van der Waals surface area contributed by atoms with E-state index in [1.54, 1.807) is 0 Å². The van der Waals surface area contributed by atoms with E-state index >= 15 is 0 Å². The number of piperidine rings is 1. The van der Waals surface area contributed by atoms with Crippen LogP contribution in [0.4, 0.5) is 5.69 Å². The Hall–Kier alpha value is -1.35. The van der Waals surface area contributed by atoms with Gasteiger partial charge in [-0.1, -0.05) is 6.07 Å². The van der Waals surface area contributed by atoms with Crippen LogP contribution in [0.3, 0.4) is 0 Å². The summed E-state index contributed by atoms with van der Waals surface area (Å²) < 4.78 is 0. The predicted molar refractivity (Wildman–Crippen MR) is 74.7 cm³/mol. The fourth-order valence-electron chi connectivity index (χ4n) is 2.66. The van der Waals surface area contributed by atoms with Crippen LogP contribution in [0.15, 0.2) is 18.2 Å².